The number of halogens is 2. The van der Waals surface area contributed by atoms with Crippen molar-refractivity contribution in [3.05, 3.63) is 28.0 Å². The van der Waals surface area contributed by atoms with Gasteiger partial charge in [0.2, 0.25) is 0 Å². The molecule has 0 amide bonds. The standard InChI is InChI=1S/C19H31Cl2NOSi/c1-6-24(7-2,8-3)23-17(10-9-14-11-19(14,4)5)18-15(20)12-22-13-16(18)21/h12-14,17H,6-11H2,1-5H3. The van der Waals surface area contributed by atoms with Gasteiger partial charge >= 0.3 is 0 Å². The molecular formula is C19H31Cl2NOSi. The van der Waals surface area contributed by atoms with Crippen molar-refractivity contribution in [2.45, 2.75) is 78.1 Å². The Morgan fingerprint density at radius 1 is 1.17 bits per heavy atom. The average molecular weight is 388 g/mol. The van der Waals surface area contributed by atoms with E-state index in [2.05, 4.69) is 39.6 Å². The first kappa shape index (κ1) is 20.2. The van der Waals surface area contributed by atoms with Gasteiger partial charge in [0.1, 0.15) is 0 Å². The lowest BCUT2D eigenvalue weighted by Crippen LogP contribution is -2.37. The van der Waals surface area contributed by atoms with E-state index in [1.54, 1.807) is 12.4 Å². The van der Waals surface area contributed by atoms with Crippen molar-refractivity contribution in [2.75, 3.05) is 0 Å². The maximum Gasteiger partial charge on any atom is 0.192 e. The third kappa shape index (κ3) is 4.54. The van der Waals surface area contributed by atoms with Crippen LogP contribution >= 0.6 is 23.2 Å². The Bertz CT molecular complexity index is 532. The van der Waals surface area contributed by atoms with Gasteiger partial charge in [0.25, 0.3) is 0 Å². The molecule has 1 aliphatic rings. The number of pyridine rings is 1. The summed E-state index contributed by atoms with van der Waals surface area (Å²) in [6, 6.07) is 3.39. The normalized spacial score (nSPS) is 20.9. The molecule has 0 spiro atoms. The zero-order chi connectivity index (χ0) is 18.0. The van der Waals surface area contributed by atoms with Gasteiger partial charge in [-0.15, -0.1) is 0 Å². The van der Waals surface area contributed by atoms with E-state index in [1.165, 1.54) is 12.8 Å². The van der Waals surface area contributed by atoms with Crippen molar-refractivity contribution in [3.8, 4) is 0 Å². The lowest BCUT2D eigenvalue weighted by Gasteiger charge is -2.34. The van der Waals surface area contributed by atoms with E-state index >= 15 is 0 Å². The lowest BCUT2D eigenvalue weighted by molar-refractivity contribution is 0.172. The topological polar surface area (TPSA) is 22.1 Å². The van der Waals surface area contributed by atoms with Gasteiger partial charge in [-0.2, -0.15) is 0 Å². The summed E-state index contributed by atoms with van der Waals surface area (Å²) in [5.41, 5.74) is 1.43. The molecule has 0 radical (unpaired) electrons. The molecule has 2 nitrogen and oxygen atoms in total. The molecule has 1 fully saturated rings. The summed E-state index contributed by atoms with van der Waals surface area (Å²) in [4.78, 5) is 4.11. The van der Waals surface area contributed by atoms with Crippen molar-refractivity contribution >= 4 is 31.5 Å². The third-order valence-electron chi connectivity index (χ3n) is 6.03. The Kier molecular flexibility index (Phi) is 6.80. The van der Waals surface area contributed by atoms with Crippen LogP contribution in [0.5, 0.6) is 0 Å². The molecule has 1 aromatic rings. The predicted octanol–water partition coefficient (Wildman–Crippen LogP) is 7.28. The molecule has 0 N–H and O–H groups in total. The summed E-state index contributed by atoms with van der Waals surface area (Å²) in [5, 5.41) is 1.27. The SMILES string of the molecule is CC[Si](CC)(CC)OC(CCC1CC1(C)C)c1c(Cl)cncc1Cl. The molecule has 1 heterocycles. The average Bonchev–Trinajstić information content (AvgIpc) is 3.16. The number of hydrogen-bond donors (Lipinski definition) is 0. The van der Waals surface area contributed by atoms with Crippen LogP contribution in [0, 0.1) is 11.3 Å². The summed E-state index contributed by atoms with van der Waals surface area (Å²) < 4.78 is 6.82. The minimum absolute atomic E-state index is 0.00378. The van der Waals surface area contributed by atoms with Gasteiger partial charge in [-0.25, -0.2) is 0 Å². The second-order valence-corrected chi connectivity index (χ2v) is 13.4. The predicted molar refractivity (Wildman–Crippen MR) is 106 cm³/mol. The van der Waals surface area contributed by atoms with E-state index in [1.807, 2.05) is 0 Å². The highest BCUT2D eigenvalue weighted by Crippen LogP contribution is 2.55. The quantitative estimate of drug-likeness (QED) is 0.415. The molecule has 0 aliphatic heterocycles. The number of nitrogens with zero attached hydrogens (tertiary/aromatic N) is 1. The molecule has 2 unspecified atom stereocenters. The van der Waals surface area contributed by atoms with Crippen LogP contribution in [0.15, 0.2) is 12.4 Å². The molecule has 2 atom stereocenters. The van der Waals surface area contributed by atoms with Crippen molar-refractivity contribution in [1.29, 1.82) is 0 Å². The minimum atomic E-state index is -1.73. The lowest BCUT2D eigenvalue weighted by atomic mass is 10.0. The molecule has 0 saturated heterocycles. The fourth-order valence-electron chi connectivity index (χ4n) is 3.71. The number of rotatable bonds is 9. The van der Waals surface area contributed by atoms with Crippen molar-refractivity contribution in [2.24, 2.45) is 11.3 Å². The van der Waals surface area contributed by atoms with Crippen molar-refractivity contribution < 1.29 is 4.43 Å². The Hall–Kier alpha value is -0.0931. The van der Waals surface area contributed by atoms with E-state index in [0.717, 1.165) is 36.0 Å². The molecule has 136 valence electrons. The third-order valence-corrected chi connectivity index (χ3v) is 11.3. The second-order valence-electron chi connectivity index (χ2n) is 7.83. The Balaban J connectivity index is 2.24. The van der Waals surface area contributed by atoms with Crippen LogP contribution in [0.25, 0.3) is 0 Å². The summed E-state index contributed by atoms with van der Waals surface area (Å²) in [5.74, 6) is 0.795. The highest BCUT2D eigenvalue weighted by molar-refractivity contribution is 6.73. The Morgan fingerprint density at radius 2 is 1.67 bits per heavy atom. The van der Waals surface area contributed by atoms with Gasteiger partial charge in [0, 0.05) is 18.0 Å². The summed E-state index contributed by atoms with van der Waals surface area (Å²) in [7, 11) is -1.73. The molecule has 24 heavy (non-hydrogen) atoms. The molecule has 1 saturated carbocycles. The first-order chi connectivity index (χ1) is 11.3. The van der Waals surface area contributed by atoms with Gasteiger partial charge in [-0.05, 0) is 48.7 Å². The molecule has 5 heteroatoms. The monoisotopic (exact) mass is 387 g/mol. The van der Waals surface area contributed by atoms with Gasteiger partial charge in [-0.3, -0.25) is 4.98 Å². The maximum atomic E-state index is 6.82. The molecule has 0 aromatic carbocycles. The van der Waals surface area contributed by atoms with Gasteiger partial charge in [0.15, 0.2) is 8.32 Å². The van der Waals surface area contributed by atoms with Crippen LogP contribution in [0.2, 0.25) is 28.2 Å². The van der Waals surface area contributed by atoms with Gasteiger partial charge in [0.05, 0.1) is 16.1 Å². The van der Waals surface area contributed by atoms with Crippen LogP contribution in [-0.4, -0.2) is 13.3 Å². The van der Waals surface area contributed by atoms with E-state index in [4.69, 9.17) is 27.6 Å². The van der Waals surface area contributed by atoms with E-state index in [0.29, 0.717) is 15.5 Å². The largest absolute Gasteiger partial charge is 0.410 e. The van der Waals surface area contributed by atoms with Gasteiger partial charge < -0.3 is 4.43 Å². The highest BCUT2D eigenvalue weighted by Gasteiger charge is 2.45. The Labute approximate surface area is 158 Å². The van der Waals surface area contributed by atoms with Crippen LogP contribution in [-0.2, 0) is 4.43 Å². The smallest absolute Gasteiger partial charge is 0.192 e. The fraction of sp³-hybridized carbons (Fsp3) is 0.737. The molecule has 1 aromatic heterocycles. The van der Waals surface area contributed by atoms with Gasteiger partial charge in [-0.1, -0.05) is 57.8 Å². The maximum absolute atomic E-state index is 6.82. The first-order valence-corrected chi connectivity index (χ1v) is 12.5. The second kappa shape index (κ2) is 8.07. The number of hydrogen-bond acceptors (Lipinski definition) is 2. The van der Waals surface area contributed by atoms with Crippen LogP contribution < -0.4 is 0 Å². The Morgan fingerprint density at radius 3 is 2.08 bits per heavy atom. The zero-order valence-corrected chi connectivity index (χ0v) is 18.2. The van der Waals surface area contributed by atoms with Crippen LogP contribution in [0.4, 0.5) is 0 Å². The van der Waals surface area contributed by atoms with Crippen LogP contribution in [0.1, 0.15) is 65.5 Å². The minimum Gasteiger partial charge on any atom is -0.410 e. The first-order valence-electron chi connectivity index (χ1n) is 9.25. The summed E-state index contributed by atoms with van der Waals surface area (Å²) in [6.07, 6.45) is 6.85. The highest BCUT2D eigenvalue weighted by atomic mass is 35.5. The van der Waals surface area contributed by atoms with E-state index in [9.17, 15) is 0 Å². The van der Waals surface area contributed by atoms with Crippen LogP contribution in [0.3, 0.4) is 0 Å². The van der Waals surface area contributed by atoms with E-state index < -0.39 is 8.32 Å². The van der Waals surface area contributed by atoms with Crippen molar-refractivity contribution in [1.82, 2.24) is 4.98 Å². The summed E-state index contributed by atoms with van der Waals surface area (Å²) in [6.45, 7) is 11.5. The molecule has 0 bridgehead atoms. The molecule has 2 rings (SSSR count). The van der Waals surface area contributed by atoms with E-state index in [-0.39, 0.29) is 6.10 Å². The molecular weight excluding hydrogens is 357 g/mol. The number of aromatic nitrogens is 1. The fourth-order valence-corrected chi connectivity index (χ4v) is 7.16. The molecule has 1 aliphatic carbocycles. The van der Waals surface area contributed by atoms with Crippen molar-refractivity contribution in [3.63, 3.8) is 0 Å². The zero-order valence-electron chi connectivity index (χ0n) is 15.7. The summed E-state index contributed by atoms with van der Waals surface area (Å²) >= 11 is 12.9.